The molecule has 0 aliphatic carbocycles. The lowest BCUT2D eigenvalue weighted by Gasteiger charge is -2.16. The number of benzene rings is 1. The van der Waals surface area contributed by atoms with E-state index < -0.39 is 21.4 Å². The molecule has 1 saturated heterocycles. The first-order chi connectivity index (χ1) is 11.0. The first-order valence-corrected chi connectivity index (χ1v) is 8.86. The highest BCUT2D eigenvalue weighted by Gasteiger charge is 2.29. The van der Waals surface area contributed by atoms with Crippen molar-refractivity contribution < 1.29 is 12.8 Å². The van der Waals surface area contributed by atoms with Gasteiger partial charge in [0, 0.05) is 19.3 Å². The number of sulfonamides is 1. The van der Waals surface area contributed by atoms with Gasteiger partial charge >= 0.3 is 0 Å². The Bertz CT molecular complexity index is 871. The van der Waals surface area contributed by atoms with Gasteiger partial charge in [0.05, 0.1) is 6.54 Å². The number of aromatic nitrogens is 1. The summed E-state index contributed by atoms with van der Waals surface area (Å²) in [4.78, 5) is 12.3. The molecule has 0 radical (unpaired) electrons. The summed E-state index contributed by atoms with van der Waals surface area (Å²) in [7, 11) is -3.77. The first kappa shape index (κ1) is 15.9. The summed E-state index contributed by atoms with van der Waals surface area (Å²) in [5.74, 6) is -0.392. The Morgan fingerprint density at radius 2 is 1.83 bits per heavy atom. The van der Waals surface area contributed by atoms with Gasteiger partial charge in [-0.1, -0.05) is 12.1 Å². The second-order valence-corrected chi connectivity index (χ2v) is 7.45. The molecular formula is C16H17FN2O3S. The van der Waals surface area contributed by atoms with Crippen molar-refractivity contribution in [2.75, 3.05) is 13.1 Å². The third-order valence-electron chi connectivity index (χ3n) is 3.91. The van der Waals surface area contributed by atoms with Crippen LogP contribution in [0.3, 0.4) is 0 Å². The first-order valence-electron chi connectivity index (χ1n) is 7.42. The highest BCUT2D eigenvalue weighted by Crippen LogP contribution is 2.18. The molecule has 7 heteroatoms. The zero-order chi connectivity index (χ0) is 16.4. The van der Waals surface area contributed by atoms with E-state index in [2.05, 4.69) is 0 Å². The van der Waals surface area contributed by atoms with E-state index in [0.717, 1.165) is 12.8 Å². The standard InChI is InChI=1S/C16H17FN2O3S/c17-14-6-3-5-13(11-14)12-18-8-4-7-15(16(18)20)23(21,22)19-9-1-2-10-19/h3-8,11H,1-2,9-10,12H2. The van der Waals surface area contributed by atoms with Gasteiger partial charge in [-0.2, -0.15) is 4.31 Å². The van der Waals surface area contributed by atoms with Gasteiger partial charge in [-0.05, 0) is 42.7 Å². The smallest absolute Gasteiger partial charge is 0.271 e. The Labute approximate surface area is 134 Å². The predicted molar refractivity (Wildman–Crippen MR) is 84.2 cm³/mol. The third-order valence-corrected chi connectivity index (χ3v) is 5.82. The molecule has 3 rings (SSSR count). The summed E-state index contributed by atoms with van der Waals surface area (Å²) in [6.45, 7) is 1.01. The Morgan fingerprint density at radius 3 is 2.52 bits per heavy atom. The van der Waals surface area contributed by atoms with Crippen LogP contribution in [0.4, 0.5) is 4.39 Å². The summed E-state index contributed by atoms with van der Waals surface area (Å²) >= 11 is 0. The molecule has 0 atom stereocenters. The molecule has 1 aromatic heterocycles. The van der Waals surface area contributed by atoms with Crippen molar-refractivity contribution in [2.24, 2.45) is 0 Å². The molecule has 1 aromatic carbocycles. The lowest BCUT2D eigenvalue weighted by molar-refractivity contribution is 0.475. The number of halogens is 1. The molecule has 122 valence electrons. The van der Waals surface area contributed by atoms with Crippen molar-refractivity contribution in [1.82, 2.24) is 8.87 Å². The molecule has 0 N–H and O–H groups in total. The molecule has 1 aliphatic rings. The molecule has 0 saturated carbocycles. The van der Waals surface area contributed by atoms with Gasteiger partial charge in [0.15, 0.2) is 0 Å². The van der Waals surface area contributed by atoms with Crippen molar-refractivity contribution >= 4 is 10.0 Å². The van der Waals surface area contributed by atoms with E-state index >= 15 is 0 Å². The summed E-state index contributed by atoms with van der Waals surface area (Å²) in [5, 5.41) is 0. The van der Waals surface area contributed by atoms with Crippen LogP contribution >= 0.6 is 0 Å². The number of hydrogen-bond donors (Lipinski definition) is 0. The van der Waals surface area contributed by atoms with Crippen LogP contribution < -0.4 is 5.56 Å². The maximum absolute atomic E-state index is 13.3. The van der Waals surface area contributed by atoms with Crippen molar-refractivity contribution in [2.45, 2.75) is 24.3 Å². The summed E-state index contributed by atoms with van der Waals surface area (Å²) in [6, 6.07) is 8.76. The minimum absolute atomic E-state index is 0.125. The summed E-state index contributed by atoms with van der Waals surface area (Å²) in [5.41, 5.74) is 0.0199. The highest BCUT2D eigenvalue weighted by molar-refractivity contribution is 7.89. The van der Waals surface area contributed by atoms with Crippen LogP contribution in [0.5, 0.6) is 0 Å². The Kier molecular flexibility index (Phi) is 4.32. The molecule has 0 spiro atoms. The molecule has 5 nitrogen and oxygen atoms in total. The monoisotopic (exact) mass is 336 g/mol. The minimum atomic E-state index is -3.77. The normalized spacial score (nSPS) is 15.9. The van der Waals surface area contributed by atoms with Gasteiger partial charge in [-0.3, -0.25) is 4.79 Å². The van der Waals surface area contributed by atoms with E-state index in [1.807, 2.05) is 0 Å². The maximum atomic E-state index is 13.3. The quantitative estimate of drug-likeness (QED) is 0.856. The molecule has 0 bridgehead atoms. The largest absolute Gasteiger partial charge is 0.310 e. The molecule has 0 amide bonds. The summed E-state index contributed by atoms with van der Waals surface area (Å²) in [6.07, 6.45) is 3.13. The molecule has 2 heterocycles. The number of nitrogens with zero attached hydrogens (tertiary/aromatic N) is 2. The third kappa shape index (κ3) is 3.20. The zero-order valence-corrected chi connectivity index (χ0v) is 13.3. The predicted octanol–water partition coefficient (Wildman–Crippen LogP) is 1.82. The second-order valence-electron chi connectivity index (χ2n) is 5.55. The van der Waals surface area contributed by atoms with E-state index in [1.165, 1.54) is 39.3 Å². The van der Waals surface area contributed by atoms with Gasteiger partial charge in [0.25, 0.3) is 5.56 Å². The fourth-order valence-electron chi connectivity index (χ4n) is 2.74. The number of rotatable bonds is 4. The van der Waals surface area contributed by atoms with Crippen LogP contribution in [-0.4, -0.2) is 30.4 Å². The number of pyridine rings is 1. The van der Waals surface area contributed by atoms with Gasteiger partial charge < -0.3 is 4.57 Å². The topological polar surface area (TPSA) is 59.4 Å². The lowest BCUT2D eigenvalue weighted by atomic mass is 10.2. The van der Waals surface area contributed by atoms with Gasteiger partial charge in [-0.15, -0.1) is 0 Å². The van der Waals surface area contributed by atoms with E-state index in [4.69, 9.17) is 0 Å². The van der Waals surface area contributed by atoms with Crippen LogP contribution in [0.1, 0.15) is 18.4 Å². The van der Waals surface area contributed by atoms with Crippen LogP contribution in [-0.2, 0) is 16.6 Å². The van der Waals surface area contributed by atoms with Crippen molar-refractivity contribution in [3.8, 4) is 0 Å². The fourth-order valence-corrected chi connectivity index (χ4v) is 4.34. The highest BCUT2D eigenvalue weighted by atomic mass is 32.2. The van der Waals surface area contributed by atoms with Gasteiger partial charge in [-0.25, -0.2) is 12.8 Å². The van der Waals surface area contributed by atoms with Gasteiger partial charge in [0.2, 0.25) is 10.0 Å². The molecule has 23 heavy (non-hydrogen) atoms. The van der Waals surface area contributed by atoms with Crippen molar-refractivity contribution in [1.29, 1.82) is 0 Å². The lowest BCUT2D eigenvalue weighted by Crippen LogP contribution is -2.34. The fraction of sp³-hybridized carbons (Fsp3) is 0.312. The number of hydrogen-bond acceptors (Lipinski definition) is 3. The zero-order valence-electron chi connectivity index (χ0n) is 12.5. The second kappa shape index (κ2) is 6.25. The molecule has 0 unspecified atom stereocenters. The molecular weight excluding hydrogens is 319 g/mol. The Morgan fingerprint density at radius 1 is 1.09 bits per heavy atom. The maximum Gasteiger partial charge on any atom is 0.271 e. The minimum Gasteiger partial charge on any atom is -0.310 e. The summed E-state index contributed by atoms with van der Waals surface area (Å²) < 4.78 is 41.0. The Hall–Kier alpha value is -1.99. The van der Waals surface area contributed by atoms with E-state index in [1.54, 1.807) is 12.1 Å². The van der Waals surface area contributed by atoms with Crippen LogP contribution in [0.25, 0.3) is 0 Å². The Balaban J connectivity index is 1.97. The van der Waals surface area contributed by atoms with Crippen LogP contribution in [0.15, 0.2) is 52.3 Å². The van der Waals surface area contributed by atoms with E-state index in [-0.39, 0.29) is 11.4 Å². The van der Waals surface area contributed by atoms with E-state index in [0.29, 0.717) is 18.7 Å². The van der Waals surface area contributed by atoms with Crippen LogP contribution in [0, 0.1) is 5.82 Å². The van der Waals surface area contributed by atoms with Crippen molar-refractivity contribution in [3.05, 3.63) is 64.3 Å². The molecule has 1 fully saturated rings. The average Bonchev–Trinajstić information content (AvgIpc) is 3.04. The average molecular weight is 336 g/mol. The van der Waals surface area contributed by atoms with Crippen LogP contribution in [0.2, 0.25) is 0 Å². The van der Waals surface area contributed by atoms with Gasteiger partial charge in [0.1, 0.15) is 10.7 Å². The molecule has 1 aliphatic heterocycles. The molecule has 2 aromatic rings. The van der Waals surface area contributed by atoms with E-state index in [9.17, 15) is 17.6 Å². The van der Waals surface area contributed by atoms with Crippen molar-refractivity contribution in [3.63, 3.8) is 0 Å². The SMILES string of the molecule is O=c1c(S(=O)(=O)N2CCCC2)cccn1Cc1cccc(F)c1.